The Morgan fingerprint density at radius 2 is 1.91 bits per heavy atom. The van der Waals surface area contributed by atoms with Crippen molar-refractivity contribution in [2.24, 2.45) is 4.99 Å². The van der Waals surface area contributed by atoms with Gasteiger partial charge in [0.25, 0.3) is 0 Å². The Hall–Kier alpha value is -3.35. The molecule has 3 aromatic rings. The number of rotatable bonds is 7. The number of guanidine groups is 1. The second-order valence-electron chi connectivity index (χ2n) is 8.89. The number of carbonyl (C=O) groups excluding carboxylic acids is 1. The SMILES string of the molecule is Cc1nc2ccccc2n1CCCNC(=NCC(=O)N(C)C)NC1CCc2ccccc2C1. The predicted molar refractivity (Wildman–Crippen MR) is 133 cm³/mol. The Kier molecular flexibility index (Phi) is 7.27. The molecular formula is C26H34N6O. The highest BCUT2D eigenvalue weighted by molar-refractivity contribution is 5.85. The molecule has 1 unspecified atom stereocenters. The molecule has 4 rings (SSSR count). The monoisotopic (exact) mass is 446 g/mol. The average molecular weight is 447 g/mol. The number of carbonyl (C=O) groups is 1. The fraction of sp³-hybridized carbons (Fsp3) is 0.423. The van der Waals surface area contributed by atoms with Gasteiger partial charge in [0.05, 0.1) is 11.0 Å². The van der Waals surface area contributed by atoms with Gasteiger partial charge in [-0.3, -0.25) is 4.79 Å². The van der Waals surface area contributed by atoms with Crippen LogP contribution in [0.3, 0.4) is 0 Å². The van der Waals surface area contributed by atoms with Gasteiger partial charge in [0.1, 0.15) is 12.4 Å². The van der Waals surface area contributed by atoms with Crippen LogP contribution in [0.5, 0.6) is 0 Å². The Bertz CT molecular complexity index is 1130. The molecule has 0 fully saturated rings. The number of hydrogen-bond acceptors (Lipinski definition) is 3. The highest BCUT2D eigenvalue weighted by Crippen LogP contribution is 2.21. The number of aliphatic imine (C=N–C) groups is 1. The summed E-state index contributed by atoms with van der Waals surface area (Å²) in [5.74, 6) is 1.73. The van der Waals surface area contributed by atoms with Crippen molar-refractivity contribution in [1.82, 2.24) is 25.1 Å². The molecule has 0 radical (unpaired) electrons. The predicted octanol–water partition coefficient (Wildman–Crippen LogP) is 2.92. The number of nitrogens with zero attached hydrogens (tertiary/aromatic N) is 4. The molecule has 33 heavy (non-hydrogen) atoms. The van der Waals surface area contributed by atoms with E-state index in [0.717, 1.165) is 50.1 Å². The fourth-order valence-corrected chi connectivity index (χ4v) is 4.38. The van der Waals surface area contributed by atoms with Crippen molar-refractivity contribution < 1.29 is 4.79 Å². The summed E-state index contributed by atoms with van der Waals surface area (Å²) in [7, 11) is 3.52. The molecule has 1 heterocycles. The molecule has 0 bridgehead atoms. The second kappa shape index (κ2) is 10.5. The van der Waals surface area contributed by atoms with Gasteiger partial charge in [-0.2, -0.15) is 0 Å². The number of nitrogens with one attached hydrogen (secondary N) is 2. The first-order valence-electron chi connectivity index (χ1n) is 11.7. The Morgan fingerprint density at radius 3 is 2.73 bits per heavy atom. The van der Waals surface area contributed by atoms with Crippen LogP contribution in [0.1, 0.15) is 29.8 Å². The largest absolute Gasteiger partial charge is 0.356 e. The third-order valence-corrected chi connectivity index (χ3v) is 6.26. The normalized spacial score (nSPS) is 15.8. The van der Waals surface area contributed by atoms with E-state index in [9.17, 15) is 4.79 Å². The molecule has 1 aliphatic carbocycles. The molecule has 1 amide bonds. The zero-order valence-corrected chi connectivity index (χ0v) is 19.8. The lowest BCUT2D eigenvalue weighted by atomic mass is 9.88. The molecular weight excluding hydrogens is 412 g/mol. The van der Waals surface area contributed by atoms with Gasteiger partial charge in [-0.05, 0) is 55.9 Å². The Morgan fingerprint density at radius 1 is 1.15 bits per heavy atom. The number of fused-ring (bicyclic) bond motifs is 2. The zero-order chi connectivity index (χ0) is 23.2. The Balaban J connectivity index is 1.37. The summed E-state index contributed by atoms with van der Waals surface area (Å²) in [4.78, 5) is 22.9. The van der Waals surface area contributed by atoms with Crippen molar-refractivity contribution in [2.75, 3.05) is 27.2 Å². The topological polar surface area (TPSA) is 74.5 Å². The molecule has 1 aromatic heterocycles. The van der Waals surface area contributed by atoms with Gasteiger partial charge in [0.15, 0.2) is 5.96 Å². The maximum Gasteiger partial charge on any atom is 0.243 e. The minimum absolute atomic E-state index is 0.00870. The molecule has 7 heteroatoms. The quantitative estimate of drug-likeness (QED) is 0.333. The Labute approximate surface area is 195 Å². The molecule has 7 nitrogen and oxygen atoms in total. The van der Waals surface area contributed by atoms with E-state index in [4.69, 9.17) is 0 Å². The van der Waals surface area contributed by atoms with Gasteiger partial charge in [0, 0.05) is 33.2 Å². The summed E-state index contributed by atoms with van der Waals surface area (Å²) < 4.78 is 2.26. The van der Waals surface area contributed by atoms with Gasteiger partial charge < -0.3 is 20.1 Å². The average Bonchev–Trinajstić information content (AvgIpc) is 3.14. The lowest BCUT2D eigenvalue weighted by Gasteiger charge is -2.27. The van der Waals surface area contributed by atoms with Gasteiger partial charge >= 0.3 is 0 Å². The van der Waals surface area contributed by atoms with Gasteiger partial charge in [-0.25, -0.2) is 9.98 Å². The number of benzene rings is 2. The standard InChI is InChI=1S/C26H34N6O/c1-19-29-23-11-6-7-12-24(23)32(19)16-8-15-27-26(28-18-25(33)31(2)3)30-22-14-13-20-9-4-5-10-21(20)17-22/h4-7,9-12,22H,8,13-18H2,1-3H3,(H2,27,28,30). The van der Waals surface area contributed by atoms with Crippen LogP contribution in [0.2, 0.25) is 0 Å². The van der Waals surface area contributed by atoms with Crippen LogP contribution in [-0.4, -0.2) is 59.5 Å². The molecule has 174 valence electrons. The molecule has 2 aromatic carbocycles. The summed E-state index contributed by atoms with van der Waals surface area (Å²) in [6.45, 7) is 3.82. The second-order valence-corrected chi connectivity index (χ2v) is 8.89. The molecule has 1 atom stereocenters. The van der Waals surface area contributed by atoms with Crippen LogP contribution in [-0.2, 0) is 24.2 Å². The maximum atomic E-state index is 12.1. The van der Waals surface area contributed by atoms with Crippen LogP contribution in [0.15, 0.2) is 53.5 Å². The van der Waals surface area contributed by atoms with E-state index in [-0.39, 0.29) is 12.5 Å². The first kappa shape index (κ1) is 22.8. The lowest BCUT2D eigenvalue weighted by Crippen LogP contribution is -2.46. The molecule has 0 spiro atoms. The number of amides is 1. The van der Waals surface area contributed by atoms with E-state index in [0.29, 0.717) is 12.0 Å². The molecule has 2 N–H and O–H groups in total. The highest BCUT2D eigenvalue weighted by Gasteiger charge is 2.19. The van der Waals surface area contributed by atoms with Crippen LogP contribution in [0.4, 0.5) is 0 Å². The summed E-state index contributed by atoms with van der Waals surface area (Å²) in [6.07, 6.45) is 4.01. The number of aromatic nitrogens is 2. The van der Waals surface area contributed by atoms with Gasteiger partial charge in [-0.1, -0.05) is 36.4 Å². The van der Waals surface area contributed by atoms with Gasteiger partial charge in [-0.15, -0.1) is 0 Å². The minimum Gasteiger partial charge on any atom is -0.356 e. The van der Waals surface area contributed by atoms with Crippen molar-refractivity contribution in [2.45, 2.75) is 45.2 Å². The lowest BCUT2D eigenvalue weighted by molar-refractivity contribution is -0.127. The van der Waals surface area contributed by atoms with Crippen LogP contribution in [0, 0.1) is 6.92 Å². The van der Waals surface area contributed by atoms with E-state index in [2.05, 4.69) is 74.6 Å². The molecule has 0 saturated heterocycles. The zero-order valence-electron chi connectivity index (χ0n) is 19.8. The maximum absolute atomic E-state index is 12.1. The molecule has 0 aliphatic heterocycles. The number of imidazole rings is 1. The van der Waals surface area contributed by atoms with Crippen LogP contribution < -0.4 is 10.6 Å². The molecule has 0 saturated carbocycles. The first-order valence-corrected chi connectivity index (χ1v) is 11.7. The van der Waals surface area contributed by atoms with E-state index >= 15 is 0 Å². The van der Waals surface area contributed by atoms with E-state index in [1.165, 1.54) is 16.6 Å². The van der Waals surface area contributed by atoms with Gasteiger partial charge in [0.2, 0.25) is 5.91 Å². The number of para-hydroxylation sites is 2. The van der Waals surface area contributed by atoms with Crippen molar-refractivity contribution in [3.63, 3.8) is 0 Å². The number of likely N-dealkylation sites (N-methyl/N-ethyl adjacent to an activating group) is 1. The van der Waals surface area contributed by atoms with E-state index in [1.54, 1.807) is 19.0 Å². The summed E-state index contributed by atoms with van der Waals surface area (Å²) in [6, 6.07) is 17.2. The summed E-state index contributed by atoms with van der Waals surface area (Å²) in [5.41, 5.74) is 5.03. The van der Waals surface area contributed by atoms with Crippen LogP contribution in [0.25, 0.3) is 11.0 Å². The molecule has 1 aliphatic rings. The summed E-state index contributed by atoms with van der Waals surface area (Å²) >= 11 is 0. The minimum atomic E-state index is -0.00870. The third kappa shape index (κ3) is 5.72. The van der Waals surface area contributed by atoms with Crippen LogP contribution >= 0.6 is 0 Å². The highest BCUT2D eigenvalue weighted by atomic mass is 16.2. The summed E-state index contributed by atoms with van der Waals surface area (Å²) in [5, 5.41) is 7.02. The van der Waals surface area contributed by atoms with Crippen molar-refractivity contribution in [1.29, 1.82) is 0 Å². The smallest absolute Gasteiger partial charge is 0.243 e. The first-order chi connectivity index (χ1) is 16.0. The van der Waals surface area contributed by atoms with Crippen molar-refractivity contribution in [3.8, 4) is 0 Å². The third-order valence-electron chi connectivity index (χ3n) is 6.26. The fourth-order valence-electron chi connectivity index (χ4n) is 4.38. The number of aryl methyl sites for hydroxylation is 3. The van der Waals surface area contributed by atoms with Crippen molar-refractivity contribution in [3.05, 3.63) is 65.5 Å². The van der Waals surface area contributed by atoms with E-state index in [1.807, 2.05) is 6.07 Å². The van der Waals surface area contributed by atoms with E-state index < -0.39 is 0 Å². The van der Waals surface area contributed by atoms with Crippen molar-refractivity contribution >= 4 is 22.9 Å². The number of hydrogen-bond donors (Lipinski definition) is 2.